The van der Waals surface area contributed by atoms with Crippen molar-refractivity contribution in [3.63, 3.8) is 0 Å². The number of fused-ring (bicyclic) bond motifs is 1. The molecule has 2 N–H and O–H groups in total. The van der Waals surface area contributed by atoms with Crippen LogP contribution in [-0.4, -0.2) is 35.7 Å². The molecule has 1 aromatic heterocycles. The van der Waals surface area contributed by atoms with E-state index in [0.29, 0.717) is 23.8 Å². The zero-order chi connectivity index (χ0) is 19.0. The number of amides is 2. The first-order valence-corrected chi connectivity index (χ1v) is 8.76. The minimum atomic E-state index is -0.446. The van der Waals surface area contributed by atoms with E-state index in [0.717, 1.165) is 16.5 Å². The number of carbonyl (C=O) groups excluding carboxylic acids is 2. The highest BCUT2D eigenvalue weighted by atomic mass is 16.5. The van der Waals surface area contributed by atoms with Crippen molar-refractivity contribution in [2.45, 2.75) is 13.3 Å². The zero-order valence-electron chi connectivity index (χ0n) is 15.2. The third-order valence-electron chi connectivity index (χ3n) is 4.81. The van der Waals surface area contributed by atoms with Crippen molar-refractivity contribution >= 4 is 34.2 Å². The van der Waals surface area contributed by atoms with E-state index in [2.05, 4.69) is 15.5 Å². The van der Waals surface area contributed by atoms with Crippen LogP contribution in [0.1, 0.15) is 12.0 Å². The second-order valence-electron chi connectivity index (χ2n) is 6.69. The Morgan fingerprint density at radius 1 is 1.30 bits per heavy atom. The second kappa shape index (κ2) is 6.75. The molecule has 1 aliphatic heterocycles. The van der Waals surface area contributed by atoms with Gasteiger partial charge in [-0.15, -0.1) is 0 Å². The number of nitrogens with one attached hydrogen (secondary N) is 2. The molecule has 4 rings (SSSR count). The van der Waals surface area contributed by atoms with Gasteiger partial charge in [-0.25, -0.2) is 0 Å². The molecular formula is C20H20N4O3. The summed E-state index contributed by atoms with van der Waals surface area (Å²) in [7, 11) is 1.56. The Kier molecular flexibility index (Phi) is 4.27. The molecule has 3 aromatic rings. The lowest BCUT2D eigenvalue weighted by Gasteiger charge is -2.15. The number of methoxy groups -OCH3 is 1. The van der Waals surface area contributed by atoms with E-state index in [1.165, 1.54) is 0 Å². The van der Waals surface area contributed by atoms with Gasteiger partial charge in [-0.05, 0) is 36.8 Å². The lowest BCUT2D eigenvalue weighted by atomic mass is 10.1. The van der Waals surface area contributed by atoms with Crippen molar-refractivity contribution in [3.05, 3.63) is 48.0 Å². The minimum Gasteiger partial charge on any atom is -0.495 e. The number of hydrogen-bond donors (Lipinski definition) is 2. The van der Waals surface area contributed by atoms with Gasteiger partial charge in [-0.3, -0.25) is 19.6 Å². The lowest BCUT2D eigenvalue weighted by Crippen LogP contribution is -2.28. The Morgan fingerprint density at radius 2 is 2.11 bits per heavy atom. The predicted molar refractivity (Wildman–Crippen MR) is 103 cm³/mol. The summed E-state index contributed by atoms with van der Waals surface area (Å²) >= 11 is 0. The Hall–Kier alpha value is -3.35. The normalized spacial score (nSPS) is 16.7. The van der Waals surface area contributed by atoms with Gasteiger partial charge >= 0.3 is 0 Å². The maximum absolute atomic E-state index is 12.7. The van der Waals surface area contributed by atoms with E-state index >= 15 is 0 Å². The van der Waals surface area contributed by atoms with Gasteiger partial charge < -0.3 is 10.1 Å². The van der Waals surface area contributed by atoms with Crippen molar-refractivity contribution in [1.29, 1.82) is 0 Å². The molecule has 2 heterocycles. The van der Waals surface area contributed by atoms with Crippen molar-refractivity contribution in [2.24, 2.45) is 5.92 Å². The second-order valence-corrected chi connectivity index (χ2v) is 6.69. The van der Waals surface area contributed by atoms with E-state index in [9.17, 15) is 9.59 Å². The van der Waals surface area contributed by atoms with E-state index in [1.807, 2.05) is 49.4 Å². The van der Waals surface area contributed by atoms with Crippen LogP contribution < -0.4 is 15.0 Å². The Morgan fingerprint density at radius 3 is 2.93 bits per heavy atom. The molecule has 1 saturated heterocycles. The third-order valence-corrected chi connectivity index (χ3v) is 4.81. The summed E-state index contributed by atoms with van der Waals surface area (Å²) in [5.41, 5.74) is 2.48. The highest BCUT2D eigenvalue weighted by Gasteiger charge is 2.37. The number of anilines is 2. The fourth-order valence-corrected chi connectivity index (χ4v) is 3.40. The molecule has 0 saturated carbocycles. The first-order valence-electron chi connectivity index (χ1n) is 8.76. The molecule has 7 heteroatoms. The number of aromatic nitrogens is 2. The molecule has 0 bridgehead atoms. The van der Waals surface area contributed by atoms with Crippen LogP contribution in [0.15, 0.2) is 42.5 Å². The summed E-state index contributed by atoms with van der Waals surface area (Å²) in [5, 5.41) is 11.0. The quantitative estimate of drug-likeness (QED) is 0.745. The standard InChI is InChI=1S/C20H20N4O3/c1-12-7-8-17(27-2)16(9-12)21-20(26)13-10-18(25)24(11-13)19-14-5-3-4-6-15(14)22-23-19/h3-9,13H,10-11H2,1-2H3,(H,21,26)(H,22,23)/t13-/m0/s1. The Bertz CT molecular complexity index is 1030. The van der Waals surface area contributed by atoms with Crippen LogP contribution in [0, 0.1) is 12.8 Å². The summed E-state index contributed by atoms with van der Waals surface area (Å²) in [6, 6.07) is 13.2. The van der Waals surface area contributed by atoms with E-state index in [1.54, 1.807) is 12.0 Å². The number of H-pyrrole nitrogens is 1. The van der Waals surface area contributed by atoms with Gasteiger partial charge in [-0.1, -0.05) is 18.2 Å². The summed E-state index contributed by atoms with van der Waals surface area (Å²) in [6.45, 7) is 2.24. The average Bonchev–Trinajstić information content (AvgIpc) is 3.25. The van der Waals surface area contributed by atoms with Gasteiger partial charge in [0.15, 0.2) is 5.82 Å². The Balaban J connectivity index is 1.54. The van der Waals surface area contributed by atoms with Crippen molar-refractivity contribution < 1.29 is 14.3 Å². The van der Waals surface area contributed by atoms with Gasteiger partial charge in [0.25, 0.3) is 0 Å². The number of ether oxygens (including phenoxy) is 1. The van der Waals surface area contributed by atoms with Crippen molar-refractivity contribution in [3.8, 4) is 5.75 Å². The summed E-state index contributed by atoms with van der Waals surface area (Å²) in [5.74, 6) is 0.406. The average molecular weight is 364 g/mol. The van der Waals surface area contributed by atoms with Gasteiger partial charge in [0.05, 0.1) is 24.2 Å². The number of hydrogen-bond acceptors (Lipinski definition) is 4. The lowest BCUT2D eigenvalue weighted by molar-refractivity contribution is -0.122. The number of nitrogens with zero attached hydrogens (tertiary/aromatic N) is 2. The number of carbonyl (C=O) groups is 2. The highest BCUT2D eigenvalue weighted by Crippen LogP contribution is 2.31. The first-order chi connectivity index (χ1) is 13.1. The zero-order valence-corrected chi connectivity index (χ0v) is 15.2. The predicted octanol–water partition coefficient (Wildman–Crippen LogP) is 2.87. The van der Waals surface area contributed by atoms with Gasteiger partial charge in [-0.2, -0.15) is 5.10 Å². The molecule has 0 aliphatic carbocycles. The Labute approximate surface area is 156 Å². The molecule has 0 unspecified atom stereocenters. The van der Waals surface area contributed by atoms with Crippen LogP contribution >= 0.6 is 0 Å². The van der Waals surface area contributed by atoms with E-state index in [-0.39, 0.29) is 18.2 Å². The summed E-state index contributed by atoms with van der Waals surface area (Å²) < 4.78 is 5.31. The van der Waals surface area contributed by atoms with E-state index in [4.69, 9.17) is 4.74 Å². The van der Waals surface area contributed by atoms with Crippen LogP contribution in [0.3, 0.4) is 0 Å². The summed E-state index contributed by atoms with van der Waals surface area (Å²) in [4.78, 5) is 26.9. The molecule has 0 spiro atoms. The molecule has 1 aliphatic rings. The molecule has 1 fully saturated rings. The largest absolute Gasteiger partial charge is 0.495 e. The molecule has 138 valence electrons. The minimum absolute atomic E-state index is 0.108. The monoisotopic (exact) mass is 364 g/mol. The highest BCUT2D eigenvalue weighted by molar-refractivity contribution is 6.07. The number of aryl methyl sites for hydroxylation is 1. The number of benzene rings is 2. The van der Waals surface area contributed by atoms with Crippen LogP contribution in [0.5, 0.6) is 5.75 Å². The molecule has 2 aromatic carbocycles. The molecule has 2 amide bonds. The van der Waals surface area contributed by atoms with Crippen LogP contribution in [0.4, 0.5) is 11.5 Å². The number of rotatable bonds is 4. The molecule has 27 heavy (non-hydrogen) atoms. The number of aromatic amines is 1. The maximum Gasteiger partial charge on any atom is 0.229 e. The van der Waals surface area contributed by atoms with Gasteiger partial charge in [0.2, 0.25) is 11.8 Å². The fourth-order valence-electron chi connectivity index (χ4n) is 3.40. The maximum atomic E-state index is 12.7. The molecule has 1 atom stereocenters. The molecule has 0 radical (unpaired) electrons. The van der Waals surface area contributed by atoms with Gasteiger partial charge in [0, 0.05) is 18.4 Å². The van der Waals surface area contributed by atoms with Crippen molar-refractivity contribution in [2.75, 3.05) is 23.9 Å². The topological polar surface area (TPSA) is 87.3 Å². The van der Waals surface area contributed by atoms with Crippen LogP contribution in [0.25, 0.3) is 10.9 Å². The smallest absolute Gasteiger partial charge is 0.229 e. The van der Waals surface area contributed by atoms with E-state index < -0.39 is 5.92 Å². The number of para-hydroxylation sites is 1. The van der Waals surface area contributed by atoms with Crippen LogP contribution in [0.2, 0.25) is 0 Å². The van der Waals surface area contributed by atoms with Crippen LogP contribution in [-0.2, 0) is 9.59 Å². The first kappa shape index (κ1) is 17.1. The SMILES string of the molecule is COc1ccc(C)cc1NC(=O)[C@H]1CC(=O)N(c2n[nH]c3ccccc23)C1. The third kappa shape index (κ3) is 3.12. The fraction of sp³-hybridized carbons (Fsp3) is 0.250. The molecular weight excluding hydrogens is 344 g/mol. The summed E-state index contributed by atoms with van der Waals surface area (Å²) in [6.07, 6.45) is 0.154. The van der Waals surface area contributed by atoms with Gasteiger partial charge in [0.1, 0.15) is 5.75 Å². The van der Waals surface area contributed by atoms with Crippen molar-refractivity contribution in [1.82, 2.24) is 10.2 Å². The molecule has 7 nitrogen and oxygen atoms in total.